The molecule has 24 heavy (non-hydrogen) atoms. The largest absolute Gasteiger partial charge is 0.507 e. The first-order chi connectivity index (χ1) is 11.4. The number of benzene rings is 2. The van der Waals surface area contributed by atoms with Crippen LogP contribution in [0.1, 0.15) is 15.9 Å². The summed E-state index contributed by atoms with van der Waals surface area (Å²) in [6.45, 7) is 1.75. The van der Waals surface area contributed by atoms with Gasteiger partial charge in [0.15, 0.2) is 5.58 Å². The second kappa shape index (κ2) is 5.72. The Morgan fingerprint density at radius 1 is 1.21 bits per heavy atom. The van der Waals surface area contributed by atoms with Crippen molar-refractivity contribution in [1.29, 1.82) is 0 Å². The molecular weight excluding hydrogens is 336 g/mol. The van der Waals surface area contributed by atoms with E-state index in [-0.39, 0.29) is 44.0 Å². The molecule has 124 valence electrons. The van der Waals surface area contributed by atoms with Crippen molar-refractivity contribution in [3.8, 4) is 11.5 Å². The minimum absolute atomic E-state index is 0.00100. The van der Waals surface area contributed by atoms with E-state index in [4.69, 9.17) is 25.5 Å². The van der Waals surface area contributed by atoms with Crippen LogP contribution in [-0.2, 0) is 4.74 Å². The first kappa shape index (κ1) is 16.1. The van der Waals surface area contributed by atoms with Crippen LogP contribution in [0.15, 0.2) is 27.4 Å². The number of aryl methyl sites for hydroxylation is 1. The zero-order valence-corrected chi connectivity index (χ0v) is 13.9. The summed E-state index contributed by atoms with van der Waals surface area (Å²) >= 11 is 6.24. The van der Waals surface area contributed by atoms with Crippen LogP contribution in [0.3, 0.4) is 0 Å². The van der Waals surface area contributed by atoms with Gasteiger partial charge in [0.1, 0.15) is 27.5 Å². The number of phenols is 1. The fraction of sp³-hybridized carbons (Fsp3) is 0.176. The zero-order chi connectivity index (χ0) is 17.6. The van der Waals surface area contributed by atoms with Crippen LogP contribution in [0.25, 0.3) is 21.9 Å². The average molecular weight is 349 g/mol. The van der Waals surface area contributed by atoms with E-state index in [0.29, 0.717) is 5.56 Å². The van der Waals surface area contributed by atoms with Crippen molar-refractivity contribution in [2.75, 3.05) is 14.2 Å². The van der Waals surface area contributed by atoms with Gasteiger partial charge in [-0.25, -0.2) is 4.79 Å². The van der Waals surface area contributed by atoms with Crippen LogP contribution < -0.4 is 10.2 Å². The number of hydrogen-bond donors (Lipinski definition) is 1. The molecule has 0 radical (unpaired) electrons. The first-order valence-corrected chi connectivity index (χ1v) is 7.31. The minimum Gasteiger partial charge on any atom is -0.507 e. The highest BCUT2D eigenvalue weighted by atomic mass is 35.5. The molecule has 0 bridgehead atoms. The molecule has 7 heteroatoms. The van der Waals surface area contributed by atoms with Gasteiger partial charge in [-0.1, -0.05) is 11.6 Å². The smallest absolute Gasteiger partial charge is 0.338 e. The molecule has 0 unspecified atom stereocenters. The highest BCUT2D eigenvalue weighted by Gasteiger charge is 2.24. The summed E-state index contributed by atoms with van der Waals surface area (Å²) in [7, 11) is 2.57. The van der Waals surface area contributed by atoms with Gasteiger partial charge >= 0.3 is 5.97 Å². The van der Waals surface area contributed by atoms with Crippen LogP contribution in [-0.4, -0.2) is 25.3 Å². The van der Waals surface area contributed by atoms with Crippen molar-refractivity contribution in [3.05, 3.63) is 44.6 Å². The van der Waals surface area contributed by atoms with Gasteiger partial charge in [-0.05, 0) is 30.7 Å². The van der Waals surface area contributed by atoms with Crippen molar-refractivity contribution in [2.24, 2.45) is 0 Å². The molecule has 0 spiro atoms. The number of fused-ring (bicyclic) bond motifs is 2. The minimum atomic E-state index is -0.742. The second-order valence-corrected chi connectivity index (χ2v) is 5.60. The van der Waals surface area contributed by atoms with E-state index in [0.717, 1.165) is 0 Å². The normalized spacial score (nSPS) is 11.0. The van der Waals surface area contributed by atoms with Gasteiger partial charge in [0, 0.05) is 0 Å². The third-order valence-corrected chi connectivity index (χ3v) is 4.06. The molecule has 6 nitrogen and oxygen atoms in total. The van der Waals surface area contributed by atoms with E-state index in [9.17, 15) is 14.7 Å². The quantitative estimate of drug-likeness (QED) is 0.564. The summed E-state index contributed by atoms with van der Waals surface area (Å²) in [5.74, 6) is -0.805. The third kappa shape index (κ3) is 2.27. The maximum Gasteiger partial charge on any atom is 0.338 e. The van der Waals surface area contributed by atoms with E-state index < -0.39 is 11.4 Å². The number of phenolic OH excluding ortho intramolecular Hbond substituents is 1. The number of carbonyl (C=O) groups excluding carboxylic acids is 1. The number of halogens is 1. The predicted molar refractivity (Wildman–Crippen MR) is 89.3 cm³/mol. The van der Waals surface area contributed by atoms with Gasteiger partial charge < -0.3 is 19.0 Å². The molecule has 3 aromatic rings. The van der Waals surface area contributed by atoms with Gasteiger partial charge in [0.05, 0.1) is 25.2 Å². The lowest BCUT2D eigenvalue weighted by Gasteiger charge is -2.11. The first-order valence-electron chi connectivity index (χ1n) is 6.94. The van der Waals surface area contributed by atoms with Crippen molar-refractivity contribution >= 4 is 39.5 Å². The molecule has 0 saturated carbocycles. The van der Waals surface area contributed by atoms with Crippen LogP contribution >= 0.6 is 11.6 Å². The number of esters is 1. The van der Waals surface area contributed by atoms with Crippen molar-refractivity contribution in [3.63, 3.8) is 0 Å². The van der Waals surface area contributed by atoms with Crippen molar-refractivity contribution < 1.29 is 23.8 Å². The molecule has 1 N–H and O–H groups in total. The van der Waals surface area contributed by atoms with Gasteiger partial charge in [-0.2, -0.15) is 0 Å². The van der Waals surface area contributed by atoms with Gasteiger partial charge in [-0.3, -0.25) is 4.79 Å². The lowest BCUT2D eigenvalue weighted by atomic mass is 10.0. The van der Waals surface area contributed by atoms with E-state index >= 15 is 0 Å². The second-order valence-electron chi connectivity index (χ2n) is 5.22. The molecule has 0 atom stereocenters. The molecule has 0 fully saturated rings. The average Bonchev–Trinajstić information content (AvgIpc) is 2.54. The Kier molecular flexibility index (Phi) is 3.85. The Bertz CT molecular complexity index is 1050. The lowest BCUT2D eigenvalue weighted by Crippen LogP contribution is -2.11. The van der Waals surface area contributed by atoms with Gasteiger partial charge in [0.25, 0.3) is 0 Å². The summed E-state index contributed by atoms with van der Waals surface area (Å²) in [6, 6.07) is 4.35. The molecule has 0 aliphatic heterocycles. The van der Waals surface area contributed by atoms with E-state index in [1.54, 1.807) is 13.0 Å². The number of hydrogen-bond acceptors (Lipinski definition) is 6. The van der Waals surface area contributed by atoms with E-state index in [2.05, 4.69) is 0 Å². The fourth-order valence-corrected chi connectivity index (χ4v) is 2.89. The fourth-order valence-electron chi connectivity index (χ4n) is 2.63. The highest BCUT2D eigenvalue weighted by Crippen LogP contribution is 2.37. The SMILES string of the molecule is COC(=O)c1cc(OC)c(Cl)c2oc3cc(C)cc(O)c3c(=O)c12. The topological polar surface area (TPSA) is 86.0 Å². The molecule has 1 aromatic heterocycles. The summed E-state index contributed by atoms with van der Waals surface area (Å²) in [4.78, 5) is 25.0. The Morgan fingerprint density at radius 2 is 1.92 bits per heavy atom. The number of methoxy groups -OCH3 is 2. The Labute approximate surface area is 141 Å². The Hall–Kier alpha value is -2.73. The van der Waals surface area contributed by atoms with E-state index in [1.807, 2.05) is 0 Å². The van der Waals surface area contributed by atoms with E-state index in [1.165, 1.54) is 26.4 Å². The van der Waals surface area contributed by atoms with Crippen molar-refractivity contribution in [2.45, 2.75) is 6.92 Å². The summed E-state index contributed by atoms with van der Waals surface area (Å²) in [5.41, 5.74) is 0.239. The Balaban J connectivity index is 2.62. The van der Waals surface area contributed by atoms with Gasteiger partial charge in [0.2, 0.25) is 5.43 Å². The number of carbonyl (C=O) groups is 1. The molecule has 0 amide bonds. The summed E-state index contributed by atoms with van der Waals surface area (Å²) < 4.78 is 15.6. The maximum absolute atomic E-state index is 12.9. The summed E-state index contributed by atoms with van der Waals surface area (Å²) in [6.07, 6.45) is 0. The Morgan fingerprint density at radius 3 is 2.54 bits per heavy atom. The highest BCUT2D eigenvalue weighted by molar-refractivity contribution is 6.37. The van der Waals surface area contributed by atoms with Crippen LogP contribution in [0, 0.1) is 6.92 Å². The predicted octanol–water partition coefficient (Wildman–Crippen LogP) is 3.41. The molecular formula is C17H13ClO6. The van der Waals surface area contributed by atoms with Crippen LogP contribution in [0.5, 0.6) is 11.5 Å². The summed E-state index contributed by atoms with van der Waals surface area (Å²) in [5, 5.41) is 10.1. The molecule has 0 aliphatic rings. The van der Waals surface area contributed by atoms with Gasteiger partial charge in [-0.15, -0.1) is 0 Å². The van der Waals surface area contributed by atoms with Crippen molar-refractivity contribution in [1.82, 2.24) is 0 Å². The zero-order valence-electron chi connectivity index (χ0n) is 13.1. The number of aromatic hydroxyl groups is 1. The maximum atomic E-state index is 12.9. The molecule has 0 aliphatic carbocycles. The standard InChI is InChI=1S/C17H13ClO6/c1-7-4-9(19)13-10(5-7)24-16-12(15(13)20)8(17(21)23-3)6-11(22-2)14(16)18/h4-6,19H,1-3H3. The number of ether oxygens (including phenoxy) is 2. The monoisotopic (exact) mass is 348 g/mol. The number of rotatable bonds is 2. The lowest BCUT2D eigenvalue weighted by molar-refractivity contribution is 0.0602. The van der Waals surface area contributed by atoms with Crippen LogP contribution in [0.4, 0.5) is 0 Å². The molecule has 2 aromatic carbocycles. The molecule has 1 heterocycles. The molecule has 0 saturated heterocycles. The molecule has 3 rings (SSSR count). The van der Waals surface area contributed by atoms with Crippen LogP contribution in [0.2, 0.25) is 5.02 Å². The third-order valence-electron chi connectivity index (χ3n) is 3.70.